The summed E-state index contributed by atoms with van der Waals surface area (Å²) in [4.78, 5) is 15.8. The van der Waals surface area contributed by atoms with Crippen molar-refractivity contribution >= 4 is 22.9 Å². The number of anilines is 1. The van der Waals surface area contributed by atoms with Gasteiger partial charge in [-0.3, -0.25) is 9.69 Å². The summed E-state index contributed by atoms with van der Waals surface area (Å²) in [5, 5.41) is 0. The molecule has 0 saturated heterocycles. The first kappa shape index (κ1) is 21.6. The van der Waals surface area contributed by atoms with Crippen molar-refractivity contribution in [2.45, 2.75) is 12.9 Å². The Labute approximate surface area is 184 Å². The third kappa shape index (κ3) is 5.00. The van der Waals surface area contributed by atoms with E-state index in [0.29, 0.717) is 5.56 Å². The molecule has 0 aliphatic rings. The van der Waals surface area contributed by atoms with Gasteiger partial charge in [0.15, 0.2) is 5.76 Å². The van der Waals surface area contributed by atoms with Crippen LogP contribution in [0.25, 0.3) is 10.4 Å². The third-order valence-corrected chi connectivity index (χ3v) is 5.59. The Bertz CT molecular complexity index is 1200. The van der Waals surface area contributed by atoms with Crippen molar-refractivity contribution in [1.29, 1.82) is 0 Å². The molecule has 2 aromatic carbocycles. The van der Waals surface area contributed by atoms with E-state index in [1.54, 1.807) is 24.3 Å². The molecular weight excluding hydrogens is 446 g/mol. The summed E-state index contributed by atoms with van der Waals surface area (Å²) in [7, 11) is 0. The van der Waals surface area contributed by atoms with Gasteiger partial charge in [0.25, 0.3) is 5.91 Å². The van der Waals surface area contributed by atoms with Crippen LogP contribution in [0, 0.1) is 5.82 Å². The second kappa shape index (κ2) is 8.88. The second-order valence-corrected chi connectivity index (χ2v) is 7.83. The highest BCUT2D eigenvalue weighted by Gasteiger charge is 2.31. The predicted octanol–water partition coefficient (Wildman–Crippen LogP) is 6.89. The SMILES string of the molecule is O=C(c1ccco1)N(Cc1ccc(-c2ccc(OC(F)(F)F)cc2)s1)c1ccccc1F. The van der Waals surface area contributed by atoms with E-state index in [2.05, 4.69) is 4.74 Å². The van der Waals surface area contributed by atoms with Crippen molar-refractivity contribution in [2.24, 2.45) is 0 Å². The number of benzene rings is 2. The Hall–Kier alpha value is -3.59. The van der Waals surface area contributed by atoms with Crippen LogP contribution in [0.5, 0.6) is 5.75 Å². The number of carbonyl (C=O) groups excluding carboxylic acids is 1. The zero-order valence-electron chi connectivity index (χ0n) is 16.3. The van der Waals surface area contributed by atoms with E-state index >= 15 is 0 Å². The predicted molar refractivity (Wildman–Crippen MR) is 112 cm³/mol. The van der Waals surface area contributed by atoms with Crippen molar-refractivity contribution in [3.05, 3.63) is 95.5 Å². The average molecular weight is 461 g/mol. The minimum Gasteiger partial charge on any atom is -0.459 e. The molecule has 0 N–H and O–H groups in total. The first-order valence-corrected chi connectivity index (χ1v) is 10.2. The molecule has 0 saturated carbocycles. The number of hydrogen-bond acceptors (Lipinski definition) is 4. The smallest absolute Gasteiger partial charge is 0.459 e. The number of amides is 1. The normalized spacial score (nSPS) is 11.4. The van der Waals surface area contributed by atoms with E-state index in [0.717, 1.165) is 9.75 Å². The number of rotatable bonds is 6. The topological polar surface area (TPSA) is 42.7 Å². The van der Waals surface area contributed by atoms with E-state index in [9.17, 15) is 22.4 Å². The second-order valence-electron chi connectivity index (χ2n) is 6.66. The fourth-order valence-corrected chi connectivity index (χ4v) is 4.07. The van der Waals surface area contributed by atoms with Gasteiger partial charge in [-0.25, -0.2) is 4.39 Å². The molecule has 0 atom stereocenters. The van der Waals surface area contributed by atoms with Crippen LogP contribution >= 0.6 is 11.3 Å². The molecule has 0 bridgehead atoms. The van der Waals surface area contributed by atoms with Crippen molar-refractivity contribution in [2.75, 3.05) is 4.90 Å². The largest absolute Gasteiger partial charge is 0.573 e. The van der Waals surface area contributed by atoms with Crippen molar-refractivity contribution in [1.82, 2.24) is 0 Å². The zero-order chi connectivity index (χ0) is 22.7. The van der Waals surface area contributed by atoms with Crippen LogP contribution < -0.4 is 9.64 Å². The van der Waals surface area contributed by atoms with Gasteiger partial charge in [-0.2, -0.15) is 0 Å². The summed E-state index contributed by atoms with van der Waals surface area (Å²) in [5.74, 6) is -1.29. The first-order chi connectivity index (χ1) is 15.3. The van der Waals surface area contributed by atoms with E-state index in [1.165, 1.54) is 71.0 Å². The summed E-state index contributed by atoms with van der Waals surface area (Å²) in [5.41, 5.74) is 0.795. The van der Waals surface area contributed by atoms with Gasteiger partial charge in [-0.1, -0.05) is 12.1 Å². The van der Waals surface area contributed by atoms with Gasteiger partial charge in [-0.15, -0.1) is 24.5 Å². The van der Waals surface area contributed by atoms with Crippen LogP contribution in [0.1, 0.15) is 15.4 Å². The molecule has 0 aliphatic carbocycles. The summed E-state index contributed by atoms with van der Waals surface area (Å²) < 4.78 is 60.6. The molecule has 1 amide bonds. The van der Waals surface area contributed by atoms with Crippen molar-refractivity contribution in [3.63, 3.8) is 0 Å². The minimum absolute atomic E-state index is 0.0743. The highest BCUT2D eigenvalue weighted by atomic mass is 32.1. The highest BCUT2D eigenvalue weighted by molar-refractivity contribution is 7.15. The van der Waals surface area contributed by atoms with Crippen molar-refractivity contribution in [3.8, 4) is 16.2 Å². The molecular formula is C23H15F4NO3S. The van der Waals surface area contributed by atoms with Crippen LogP contribution in [0.4, 0.5) is 23.2 Å². The summed E-state index contributed by atoms with van der Waals surface area (Å²) in [6.07, 6.45) is -3.39. The lowest BCUT2D eigenvalue weighted by Gasteiger charge is -2.21. The van der Waals surface area contributed by atoms with Gasteiger partial charge in [0.05, 0.1) is 18.5 Å². The van der Waals surface area contributed by atoms with E-state index in [1.807, 2.05) is 0 Å². The molecule has 9 heteroatoms. The van der Waals surface area contributed by atoms with Gasteiger partial charge in [-0.05, 0) is 66.2 Å². The maximum atomic E-state index is 14.5. The monoisotopic (exact) mass is 461 g/mol. The average Bonchev–Trinajstić information content (AvgIpc) is 3.44. The van der Waals surface area contributed by atoms with Crippen LogP contribution in [0.3, 0.4) is 0 Å². The highest BCUT2D eigenvalue weighted by Crippen LogP contribution is 2.33. The van der Waals surface area contributed by atoms with Gasteiger partial charge in [0.1, 0.15) is 11.6 Å². The lowest BCUT2D eigenvalue weighted by Crippen LogP contribution is -2.30. The molecule has 2 heterocycles. The maximum absolute atomic E-state index is 14.5. The lowest BCUT2D eigenvalue weighted by molar-refractivity contribution is -0.274. The molecule has 0 spiro atoms. The molecule has 4 aromatic rings. The third-order valence-electron chi connectivity index (χ3n) is 4.47. The molecule has 32 heavy (non-hydrogen) atoms. The number of furan rings is 1. The number of para-hydroxylation sites is 1. The molecule has 0 radical (unpaired) electrons. The van der Waals surface area contributed by atoms with E-state index < -0.39 is 18.1 Å². The maximum Gasteiger partial charge on any atom is 0.573 e. The number of hydrogen-bond donors (Lipinski definition) is 0. The van der Waals surface area contributed by atoms with Crippen LogP contribution in [0.15, 0.2) is 83.5 Å². The minimum atomic E-state index is -4.76. The van der Waals surface area contributed by atoms with E-state index in [-0.39, 0.29) is 23.7 Å². The number of ether oxygens (including phenoxy) is 1. The summed E-state index contributed by atoms with van der Waals surface area (Å²) in [6.45, 7) is 0.0837. The van der Waals surface area contributed by atoms with Crippen molar-refractivity contribution < 1.29 is 31.5 Å². The Morgan fingerprint density at radius 2 is 1.72 bits per heavy atom. The van der Waals surface area contributed by atoms with Gasteiger partial charge in [0, 0.05) is 9.75 Å². The van der Waals surface area contributed by atoms with Crippen LogP contribution in [0.2, 0.25) is 0 Å². The molecule has 0 aliphatic heterocycles. The Morgan fingerprint density at radius 3 is 2.38 bits per heavy atom. The Kier molecular flexibility index (Phi) is 6.00. The molecule has 2 aromatic heterocycles. The van der Waals surface area contributed by atoms with Gasteiger partial charge in [0.2, 0.25) is 0 Å². The Morgan fingerprint density at radius 1 is 0.969 bits per heavy atom. The quantitative estimate of drug-likeness (QED) is 0.294. The Balaban J connectivity index is 1.58. The summed E-state index contributed by atoms with van der Waals surface area (Å²) >= 11 is 1.34. The fourth-order valence-electron chi connectivity index (χ4n) is 3.07. The molecule has 0 unspecified atom stereocenters. The standard InChI is InChI=1S/C23H15F4NO3S/c24-18-4-1-2-5-19(18)28(22(29)20-6-3-13-30-20)14-17-11-12-21(32-17)15-7-9-16(10-8-15)31-23(25,26)27/h1-13H,14H2. The fraction of sp³-hybridized carbons (Fsp3) is 0.0870. The lowest BCUT2D eigenvalue weighted by atomic mass is 10.2. The molecule has 4 rings (SSSR count). The van der Waals surface area contributed by atoms with E-state index in [4.69, 9.17) is 4.42 Å². The van der Waals surface area contributed by atoms with Gasteiger partial charge < -0.3 is 9.15 Å². The number of alkyl halides is 3. The number of thiophene rings is 1. The summed E-state index contributed by atoms with van der Waals surface area (Å²) in [6, 6.07) is 18.1. The van der Waals surface area contributed by atoms with Gasteiger partial charge >= 0.3 is 6.36 Å². The zero-order valence-corrected chi connectivity index (χ0v) is 17.1. The van der Waals surface area contributed by atoms with Crippen LogP contribution in [-0.4, -0.2) is 12.3 Å². The number of halogens is 4. The number of nitrogens with zero attached hydrogens (tertiary/aromatic N) is 1. The van der Waals surface area contributed by atoms with Crippen LogP contribution in [-0.2, 0) is 6.54 Å². The molecule has 164 valence electrons. The molecule has 0 fully saturated rings. The molecule has 4 nitrogen and oxygen atoms in total. The number of carbonyl (C=O) groups is 1. The first-order valence-electron chi connectivity index (χ1n) is 9.35.